The fraction of sp³-hybridized carbons (Fsp3) is 0.100. The second-order valence-corrected chi connectivity index (χ2v) is 6.15. The molecular weight excluding hydrogens is 334 g/mol. The molecule has 4 nitrogen and oxygen atoms in total. The maximum Gasteiger partial charge on any atom is 0.262 e. The van der Waals surface area contributed by atoms with Gasteiger partial charge in [0.25, 0.3) is 5.91 Å². The molecule has 1 atom stereocenters. The molecule has 0 aliphatic rings. The van der Waals surface area contributed by atoms with Crippen molar-refractivity contribution in [2.75, 3.05) is 5.32 Å². The van der Waals surface area contributed by atoms with Crippen LogP contribution in [0.15, 0.2) is 71.8 Å². The highest BCUT2D eigenvalue weighted by Gasteiger charge is 2.11. The summed E-state index contributed by atoms with van der Waals surface area (Å²) in [4.78, 5) is 12.1. The Morgan fingerprint density at radius 3 is 2.52 bits per heavy atom. The van der Waals surface area contributed by atoms with Crippen LogP contribution in [-0.4, -0.2) is 18.2 Å². The van der Waals surface area contributed by atoms with Crippen molar-refractivity contribution >= 4 is 40.2 Å². The van der Waals surface area contributed by atoms with Gasteiger partial charge in [-0.25, -0.2) is 5.43 Å². The van der Waals surface area contributed by atoms with E-state index in [1.165, 1.54) is 0 Å². The van der Waals surface area contributed by atoms with Crippen LogP contribution < -0.4 is 10.7 Å². The second-order valence-electron chi connectivity index (χ2n) is 5.71. The lowest BCUT2D eigenvalue weighted by atomic mass is 10.1. The fourth-order valence-corrected chi connectivity index (χ4v) is 2.54. The minimum atomic E-state index is -0.413. The van der Waals surface area contributed by atoms with Crippen LogP contribution in [0.5, 0.6) is 0 Å². The lowest BCUT2D eigenvalue weighted by Gasteiger charge is -2.14. The summed E-state index contributed by atoms with van der Waals surface area (Å²) < 4.78 is 0. The van der Waals surface area contributed by atoms with E-state index in [1.807, 2.05) is 48.5 Å². The third-order valence-corrected chi connectivity index (χ3v) is 4.04. The first-order valence-corrected chi connectivity index (χ1v) is 8.33. The van der Waals surface area contributed by atoms with Gasteiger partial charge in [-0.3, -0.25) is 4.79 Å². The molecule has 0 bridgehead atoms. The molecule has 0 fully saturated rings. The van der Waals surface area contributed by atoms with Crippen molar-refractivity contribution in [3.05, 3.63) is 77.3 Å². The molecule has 0 spiro atoms. The number of nitrogens with one attached hydrogen (secondary N) is 2. The largest absolute Gasteiger partial charge is 0.374 e. The molecule has 126 valence electrons. The fourth-order valence-electron chi connectivity index (χ4n) is 2.41. The monoisotopic (exact) mass is 351 g/mol. The zero-order valence-electron chi connectivity index (χ0n) is 13.7. The van der Waals surface area contributed by atoms with Crippen molar-refractivity contribution < 1.29 is 4.79 Å². The summed E-state index contributed by atoms with van der Waals surface area (Å²) in [6.07, 6.45) is 1.58. The van der Waals surface area contributed by atoms with Crippen molar-refractivity contribution in [1.82, 2.24) is 5.43 Å². The van der Waals surface area contributed by atoms with E-state index in [4.69, 9.17) is 11.6 Å². The highest BCUT2D eigenvalue weighted by molar-refractivity contribution is 6.30. The first-order valence-electron chi connectivity index (χ1n) is 7.96. The van der Waals surface area contributed by atoms with Gasteiger partial charge in [0.15, 0.2) is 0 Å². The van der Waals surface area contributed by atoms with Crippen molar-refractivity contribution in [1.29, 1.82) is 0 Å². The molecule has 2 N–H and O–H groups in total. The molecule has 5 heteroatoms. The lowest BCUT2D eigenvalue weighted by molar-refractivity contribution is -0.121. The molecule has 0 aliphatic carbocycles. The number of hydrazone groups is 1. The number of carbonyl (C=O) groups is 1. The van der Waals surface area contributed by atoms with E-state index >= 15 is 0 Å². The van der Waals surface area contributed by atoms with Gasteiger partial charge in [-0.15, -0.1) is 0 Å². The number of benzene rings is 3. The molecule has 3 rings (SSSR count). The molecule has 0 aromatic heterocycles. The lowest BCUT2D eigenvalue weighted by Crippen LogP contribution is -2.34. The Bertz CT molecular complexity index is 906. The van der Waals surface area contributed by atoms with Gasteiger partial charge in [-0.1, -0.05) is 54.1 Å². The average molecular weight is 352 g/mol. The Labute approximate surface area is 151 Å². The maximum atomic E-state index is 12.1. The van der Waals surface area contributed by atoms with Gasteiger partial charge in [-0.05, 0) is 47.5 Å². The summed E-state index contributed by atoms with van der Waals surface area (Å²) in [5.74, 6) is -0.210. The number of amides is 1. The van der Waals surface area contributed by atoms with Crippen molar-refractivity contribution in [2.24, 2.45) is 5.10 Å². The third-order valence-electron chi connectivity index (χ3n) is 3.78. The summed E-state index contributed by atoms with van der Waals surface area (Å²) in [6.45, 7) is 1.79. The molecule has 3 aromatic carbocycles. The van der Waals surface area contributed by atoms with Crippen LogP contribution >= 0.6 is 11.6 Å². The number of anilines is 1. The van der Waals surface area contributed by atoms with E-state index in [9.17, 15) is 4.79 Å². The highest BCUT2D eigenvalue weighted by Crippen LogP contribution is 2.19. The molecule has 0 aliphatic heterocycles. The Balaban J connectivity index is 1.58. The summed E-state index contributed by atoms with van der Waals surface area (Å²) in [5.41, 5.74) is 4.29. The van der Waals surface area contributed by atoms with E-state index in [2.05, 4.69) is 21.9 Å². The predicted molar refractivity (Wildman–Crippen MR) is 104 cm³/mol. The van der Waals surface area contributed by atoms with Crippen molar-refractivity contribution in [3.63, 3.8) is 0 Å². The van der Waals surface area contributed by atoms with Gasteiger partial charge in [0.1, 0.15) is 6.04 Å². The number of fused-ring (bicyclic) bond motifs is 1. The van der Waals surface area contributed by atoms with Crippen LogP contribution in [0, 0.1) is 0 Å². The maximum absolute atomic E-state index is 12.1. The molecule has 25 heavy (non-hydrogen) atoms. The smallest absolute Gasteiger partial charge is 0.262 e. The van der Waals surface area contributed by atoms with Gasteiger partial charge in [-0.2, -0.15) is 5.10 Å². The Morgan fingerprint density at radius 1 is 1.04 bits per heavy atom. The Morgan fingerprint density at radius 2 is 1.76 bits per heavy atom. The summed E-state index contributed by atoms with van der Waals surface area (Å²) >= 11 is 5.83. The average Bonchev–Trinajstić information content (AvgIpc) is 2.63. The summed E-state index contributed by atoms with van der Waals surface area (Å²) in [7, 11) is 0. The summed E-state index contributed by atoms with van der Waals surface area (Å²) in [6, 6.07) is 20.9. The molecule has 0 heterocycles. The highest BCUT2D eigenvalue weighted by atomic mass is 35.5. The predicted octanol–water partition coefficient (Wildman–Crippen LogP) is 4.44. The van der Waals surface area contributed by atoms with Crippen LogP contribution in [0.4, 0.5) is 5.69 Å². The van der Waals surface area contributed by atoms with Gasteiger partial charge >= 0.3 is 0 Å². The quantitative estimate of drug-likeness (QED) is 0.527. The van der Waals surface area contributed by atoms with Crippen LogP contribution in [0.25, 0.3) is 10.8 Å². The zero-order chi connectivity index (χ0) is 17.6. The first kappa shape index (κ1) is 17.0. The van der Waals surface area contributed by atoms with Crippen LogP contribution in [0.3, 0.4) is 0 Å². The number of hydrogen-bond acceptors (Lipinski definition) is 3. The van der Waals surface area contributed by atoms with E-state index in [0.29, 0.717) is 5.02 Å². The van der Waals surface area contributed by atoms with Gasteiger partial charge in [0, 0.05) is 10.7 Å². The number of halogens is 1. The normalized spacial score (nSPS) is 12.2. The topological polar surface area (TPSA) is 53.5 Å². The van der Waals surface area contributed by atoms with Crippen LogP contribution in [0.1, 0.15) is 12.5 Å². The van der Waals surface area contributed by atoms with Crippen molar-refractivity contribution in [3.8, 4) is 0 Å². The summed E-state index contributed by atoms with van der Waals surface area (Å²) in [5, 5.41) is 10.1. The third kappa shape index (κ3) is 4.58. The molecular formula is C20H18ClN3O. The standard InChI is InChI=1S/C20H18ClN3O/c1-14(20(25)24-22-13-15-6-9-18(21)10-7-15)23-19-11-8-16-4-2-3-5-17(16)12-19/h2-14,23H,1H3,(H,24,25)/b22-13-/t14-/m1/s1. The molecule has 1 amide bonds. The SMILES string of the molecule is C[C@@H](Nc1ccc2ccccc2c1)C(=O)N/N=C\c1ccc(Cl)cc1. The number of nitrogens with zero attached hydrogens (tertiary/aromatic N) is 1. The minimum Gasteiger partial charge on any atom is -0.374 e. The minimum absolute atomic E-state index is 0.210. The van der Waals surface area contributed by atoms with E-state index < -0.39 is 6.04 Å². The molecule has 0 saturated carbocycles. The molecule has 0 radical (unpaired) electrons. The molecule has 0 saturated heterocycles. The van der Waals surface area contributed by atoms with Gasteiger partial charge in [0.2, 0.25) is 0 Å². The van der Waals surface area contributed by atoms with E-state index in [1.54, 1.807) is 25.3 Å². The van der Waals surface area contributed by atoms with Crippen LogP contribution in [0.2, 0.25) is 5.02 Å². The molecule has 0 unspecified atom stereocenters. The molecule has 3 aromatic rings. The number of hydrogen-bond donors (Lipinski definition) is 2. The van der Waals surface area contributed by atoms with E-state index in [0.717, 1.165) is 22.0 Å². The first-order chi connectivity index (χ1) is 12.1. The van der Waals surface area contributed by atoms with Crippen LogP contribution in [-0.2, 0) is 4.79 Å². The van der Waals surface area contributed by atoms with Gasteiger partial charge in [0.05, 0.1) is 6.21 Å². The Kier molecular flexibility index (Phi) is 5.31. The Hall–Kier alpha value is -2.85. The van der Waals surface area contributed by atoms with E-state index in [-0.39, 0.29) is 5.91 Å². The number of carbonyl (C=O) groups excluding carboxylic acids is 1. The second kappa shape index (κ2) is 7.81. The number of rotatable bonds is 5. The zero-order valence-corrected chi connectivity index (χ0v) is 14.5. The van der Waals surface area contributed by atoms with Crippen molar-refractivity contribution in [2.45, 2.75) is 13.0 Å². The van der Waals surface area contributed by atoms with Gasteiger partial charge < -0.3 is 5.32 Å².